The molecule has 4 heterocycles. The lowest BCUT2D eigenvalue weighted by atomic mass is 10.1. The van der Waals surface area contributed by atoms with E-state index in [-0.39, 0.29) is 12.8 Å². The number of aromatic nitrogens is 7. The summed E-state index contributed by atoms with van der Waals surface area (Å²) >= 11 is 0. The molecule has 1 aliphatic rings. The van der Waals surface area contributed by atoms with Crippen molar-refractivity contribution in [2.24, 2.45) is 4.99 Å². The van der Waals surface area contributed by atoms with E-state index in [1.807, 2.05) is 0 Å². The number of carbonyl (C=O) groups is 2. The van der Waals surface area contributed by atoms with Crippen molar-refractivity contribution in [3.63, 3.8) is 0 Å². The van der Waals surface area contributed by atoms with E-state index in [1.165, 1.54) is 0 Å². The van der Waals surface area contributed by atoms with Crippen molar-refractivity contribution in [3.8, 4) is 0 Å². The molecule has 0 atom stereocenters. The Labute approximate surface area is 170 Å². The molecule has 0 fully saturated rings. The number of hydrogen-bond donors (Lipinski definition) is 0. The van der Waals surface area contributed by atoms with Crippen molar-refractivity contribution in [1.82, 2.24) is 35.3 Å². The number of aliphatic imine (C=N–C) groups is 1. The highest BCUT2D eigenvalue weighted by molar-refractivity contribution is 5.72. The first kappa shape index (κ1) is 19.6. The van der Waals surface area contributed by atoms with Gasteiger partial charge in [-0.3, -0.25) is 0 Å². The maximum Gasteiger partial charge on any atom is 0.335 e. The van der Waals surface area contributed by atoms with E-state index in [9.17, 15) is 9.59 Å². The van der Waals surface area contributed by atoms with Gasteiger partial charge in [0.1, 0.15) is 11.2 Å². The van der Waals surface area contributed by atoms with Gasteiger partial charge in [-0.25, -0.2) is 19.6 Å². The number of rotatable bonds is 9. The molecule has 3 aromatic rings. The van der Waals surface area contributed by atoms with Crippen LogP contribution in [0.25, 0.3) is 11.2 Å². The molecule has 30 heavy (non-hydrogen) atoms. The molecule has 0 amide bonds. The van der Waals surface area contributed by atoms with Crippen LogP contribution in [0.2, 0.25) is 0 Å². The molecular weight excluding hydrogens is 392 g/mol. The van der Waals surface area contributed by atoms with E-state index in [0.29, 0.717) is 29.8 Å². The molecule has 4 rings (SSSR count). The predicted octanol–water partition coefficient (Wildman–Crippen LogP) is 1.02. The number of pyridine rings is 1. The second-order valence-corrected chi connectivity index (χ2v) is 6.73. The summed E-state index contributed by atoms with van der Waals surface area (Å²) in [7, 11) is 0. The summed E-state index contributed by atoms with van der Waals surface area (Å²) in [5.41, 5.74) is 1.67. The molecule has 0 aromatic carbocycles. The molecule has 12 nitrogen and oxygen atoms in total. The van der Waals surface area contributed by atoms with Crippen molar-refractivity contribution in [3.05, 3.63) is 24.0 Å². The molecule has 0 aliphatic carbocycles. The molecule has 0 bridgehead atoms. The summed E-state index contributed by atoms with van der Waals surface area (Å²) in [5.74, 6) is -0.333. The van der Waals surface area contributed by atoms with Gasteiger partial charge in [0.05, 0.1) is 0 Å². The SMILES string of the molecule is O=C(CCCCCCC(=O)On1nnc2cccnc21)On1nnc2c1N=CCC2. The first-order valence-electron chi connectivity index (χ1n) is 9.76. The van der Waals surface area contributed by atoms with Gasteiger partial charge in [0, 0.05) is 31.7 Å². The van der Waals surface area contributed by atoms with E-state index >= 15 is 0 Å². The van der Waals surface area contributed by atoms with Crippen LogP contribution in [0.1, 0.15) is 50.6 Å². The standard InChI is InChI=1S/C18H20N8O4/c27-15(29-25-17-13(21-23-25)7-5-11-19-17)9-3-1-2-4-10-16(28)30-26-18-14(22-24-26)8-6-12-20-18/h5,7,11-12H,1-4,6,8-10H2. The normalized spacial score (nSPS) is 12.7. The molecule has 0 N–H and O–H groups in total. The number of carbonyl (C=O) groups excluding carboxylic acids is 2. The maximum absolute atomic E-state index is 12.0. The van der Waals surface area contributed by atoms with Gasteiger partial charge in [-0.1, -0.05) is 12.8 Å². The minimum atomic E-state index is -0.414. The third-order valence-corrected chi connectivity index (χ3v) is 4.48. The number of aryl methyl sites for hydroxylation is 1. The summed E-state index contributed by atoms with van der Waals surface area (Å²) in [6, 6.07) is 3.46. The second-order valence-electron chi connectivity index (χ2n) is 6.73. The number of hydrogen-bond acceptors (Lipinski definition) is 10. The van der Waals surface area contributed by atoms with E-state index in [1.54, 1.807) is 24.5 Å². The largest absolute Gasteiger partial charge is 0.335 e. The summed E-state index contributed by atoms with van der Waals surface area (Å²) in [4.78, 5) is 44.6. The highest BCUT2D eigenvalue weighted by atomic mass is 16.7. The molecule has 0 saturated carbocycles. The van der Waals surface area contributed by atoms with Gasteiger partial charge in [0.25, 0.3) is 0 Å². The number of unbranched alkanes of at least 4 members (excludes halogenated alkanes) is 3. The van der Waals surface area contributed by atoms with Gasteiger partial charge in [0.15, 0.2) is 0 Å². The monoisotopic (exact) mass is 412 g/mol. The summed E-state index contributed by atoms with van der Waals surface area (Å²) in [6.45, 7) is 0. The number of fused-ring (bicyclic) bond motifs is 2. The van der Waals surface area contributed by atoms with E-state index in [0.717, 1.165) is 41.1 Å². The van der Waals surface area contributed by atoms with Crippen LogP contribution in [0.4, 0.5) is 5.82 Å². The van der Waals surface area contributed by atoms with Crippen molar-refractivity contribution in [1.29, 1.82) is 0 Å². The zero-order chi connectivity index (χ0) is 20.8. The molecule has 0 saturated heterocycles. The van der Waals surface area contributed by atoms with E-state index in [4.69, 9.17) is 9.68 Å². The Morgan fingerprint density at radius 2 is 1.70 bits per heavy atom. The second kappa shape index (κ2) is 9.20. The lowest BCUT2D eigenvalue weighted by molar-refractivity contribution is -0.146. The van der Waals surface area contributed by atoms with Gasteiger partial charge in [0.2, 0.25) is 11.5 Å². The Bertz CT molecular complexity index is 1070. The van der Waals surface area contributed by atoms with Gasteiger partial charge < -0.3 is 9.68 Å². The Kier molecular flexibility index (Phi) is 6.01. The highest BCUT2D eigenvalue weighted by Crippen LogP contribution is 2.20. The lowest BCUT2D eigenvalue weighted by Crippen LogP contribution is -2.21. The van der Waals surface area contributed by atoms with Crippen LogP contribution in [-0.4, -0.2) is 53.5 Å². The lowest BCUT2D eigenvalue weighted by Gasteiger charge is -2.06. The minimum absolute atomic E-state index is 0.238. The average Bonchev–Trinajstić information content (AvgIpc) is 3.35. The fourth-order valence-electron chi connectivity index (χ4n) is 2.97. The summed E-state index contributed by atoms with van der Waals surface area (Å²) in [6.07, 6.45) is 8.20. The van der Waals surface area contributed by atoms with Gasteiger partial charge in [-0.15, -0.1) is 10.2 Å². The first-order valence-corrected chi connectivity index (χ1v) is 9.76. The Morgan fingerprint density at radius 1 is 0.967 bits per heavy atom. The van der Waals surface area contributed by atoms with Crippen molar-refractivity contribution < 1.29 is 19.3 Å². The molecule has 0 unspecified atom stereocenters. The topological polar surface area (TPSA) is 139 Å². The van der Waals surface area contributed by atoms with Gasteiger partial charge >= 0.3 is 11.9 Å². The number of nitrogens with zero attached hydrogens (tertiary/aromatic N) is 8. The molecule has 0 radical (unpaired) electrons. The van der Waals surface area contributed by atoms with Crippen LogP contribution >= 0.6 is 0 Å². The zero-order valence-corrected chi connectivity index (χ0v) is 16.2. The van der Waals surface area contributed by atoms with Crippen LogP contribution in [0.3, 0.4) is 0 Å². The maximum atomic E-state index is 12.0. The molecule has 3 aromatic heterocycles. The quantitative estimate of drug-likeness (QED) is 0.372. The van der Waals surface area contributed by atoms with Crippen molar-refractivity contribution in [2.75, 3.05) is 0 Å². The molecular formula is C18H20N8O4. The molecule has 156 valence electrons. The summed E-state index contributed by atoms with van der Waals surface area (Å²) < 4.78 is 0. The first-order chi connectivity index (χ1) is 14.7. The molecule has 12 heteroatoms. The smallest absolute Gasteiger partial charge is 0.316 e. The van der Waals surface area contributed by atoms with Gasteiger partial charge in [-0.05, 0) is 51.5 Å². The van der Waals surface area contributed by atoms with Crippen LogP contribution in [0.5, 0.6) is 0 Å². The van der Waals surface area contributed by atoms with Crippen LogP contribution < -0.4 is 9.68 Å². The highest BCUT2D eigenvalue weighted by Gasteiger charge is 2.17. The Morgan fingerprint density at radius 3 is 2.50 bits per heavy atom. The van der Waals surface area contributed by atoms with Crippen LogP contribution in [0.15, 0.2) is 23.3 Å². The minimum Gasteiger partial charge on any atom is -0.316 e. The van der Waals surface area contributed by atoms with E-state index in [2.05, 4.69) is 30.6 Å². The van der Waals surface area contributed by atoms with Crippen LogP contribution in [0, 0.1) is 0 Å². The molecule has 0 spiro atoms. The molecule has 1 aliphatic heterocycles. The Balaban J connectivity index is 1.11. The van der Waals surface area contributed by atoms with Crippen LogP contribution in [-0.2, 0) is 16.0 Å². The fourth-order valence-corrected chi connectivity index (χ4v) is 2.97. The van der Waals surface area contributed by atoms with Crippen molar-refractivity contribution in [2.45, 2.75) is 51.4 Å². The third-order valence-electron chi connectivity index (χ3n) is 4.48. The van der Waals surface area contributed by atoms with Crippen molar-refractivity contribution >= 4 is 35.1 Å². The third kappa shape index (κ3) is 4.64. The predicted molar refractivity (Wildman–Crippen MR) is 103 cm³/mol. The Hall–Kier alpha value is -3.70. The van der Waals surface area contributed by atoms with Gasteiger partial charge in [-0.2, -0.15) is 0 Å². The zero-order valence-electron chi connectivity index (χ0n) is 16.2. The van der Waals surface area contributed by atoms with E-state index < -0.39 is 11.9 Å². The fraction of sp³-hybridized carbons (Fsp3) is 0.444. The average molecular weight is 412 g/mol. The summed E-state index contributed by atoms with van der Waals surface area (Å²) in [5, 5.41) is 15.4.